The molecule has 0 aromatic carbocycles. The molecule has 1 aliphatic heterocycles. The van der Waals surface area contributed by atoms with E-state index in [-0.39, 0.29) is 10.6 Å². The van der Waals surface area contributed by atoms with Gasteiger partial charge in [0.2, 0.25) is 20.0 Å². The van der Waals surface area contributed by atoms with E-state index in [9.17, 15) is 16.8 Å². The molecule has 0 aliphatic carbocycles. The predicted molar refractivity (Wildman–Crippen MR) is 103 cm³/mol. The van der Waals surface area contributed by atoms with E-state index < -0.39 is 20.0 Å². The lowest BCUT2D eigenvalue weighted by Gasteiger charge is -2.33. The third-order valence-corrected chi connectivity index (χ3v) is 8.65. The summed E-state index contributed by atoms with van der Waals surface area (Å²) in [5, 5.41) is 0.592. The van der Waals surface area contributed by atoms with Crippen molar-refractivity contribution in [1.82, 2.24) is 23.5 Å². The summed E-state index contributed by atoms with van der Waals surface area (Å²) in [4.78, 5) is 9.40. The van der Waals surface area contributed by atoms with Gasteiger partial charge in [-0.25, -0.2) is 26.1 Å². The number of pyridine rings is 1. The standard InChI is InChI=1S/C16H25N5O4S2/c1-19(2)26(22,23)12-4-7-20-8-10-21(11-9-20)27(24,25)15-13-18-16-14(15)5-3-6-17-16/h3,5-6,13H,4,7-12H2,1-2H3,(H,17,18). The number of H-pyrrole nitrogens is 1. The summed E-state index contributed by atoms with van der Waals surface area (Å²) < 4.78 is 52.3. The van der Waals surface area contributed by atoms with E-state index in [1.54, 1.807) is 18.3 Å². The van der Waals surface area contributed by atoms with Crippen LogP contribution in [0.3, 0.4) is 0 Å². The highest BCUT2D eigenvalue weighted by molar-refractivity contribution is 7.89. The molecule has 9 nitrogen and oxygen atoms in total. The fourth-order valence-electron chi connectivity index (χ4n) is 3.13. The van der Waals surface area contributed by atoms with E-state index in [2.05, 4.69) is 14.9 Å². The lowest BCUT2D eigenvalue weighted by molar-refractivity contribution is 0.189. The molecule has 0 unspecified atom stereocenters. The molecular formula is C16H25N5O4S2. The molecule has 0 radical (unpaired) electrons. The molecule has 0 bridgehead atoms. The van der Waals surface area contributed by atoms with Gasteiger partial charge in [-0.15, -0.1) is 0 Å². The Bertz CT molecular complexity index is 993. The molecule has 3 heterocycles. The van der Waals surface area contributed by atoms with Crippen molar-refractivity contribution < 1.29 is 16.8 Å². The summed E-state index contributed by atoms with van der Waals surface area (Å²) in [5.74, 6) is 0.0981. The first-order chi connectivity index (χ1) is 12.7. The quantitative estimate of drug-likeness (QED) is 0.690. The Morgan fingerprint density at radius 2 is 1.85 bits per heavy atom. The van der Waals surface area contributed by atoms with Crippen molar-refractivity contribution in [1.29, 1.82) is 0 Å². The second-order valence-electron chi connectivity index (χ2n) is 6.75. The monoisotopic (exact) mass is 415 g/mol. The van der Waals surface area contributed by atoms with Gasteiger partial charge < -0.3 is 9.88 Å². The zero-order chi connectivity index (χ0) is 19.7. The Balaban J connectivity index is 1.59. The van der Waals surface area contributed by atoms with Gasteiger partial charge in [-0.1, -0.05) is 0 Å². The Labute approximate surface area is 160 Å². The minimum absolute atomic E-state index is 0.0981. The molecule has 150 valence electrons. The first-order valence-electron chi connectivity index (χ1n) is 8.76. The minimum atomic E-state index is -3.59. The third kappa shape index (κ3) is 4.32. The maximum absolute atomic E-state index is 13.0. The topological polar surface area (TPSA) is 107 Å². The van der Waals surface area contributed by atoms with Gasteiger partial charge in [0.05, 0.1) is 5.75 Å². The lowest BCUT2D eigenvalue weighted by Crippen LogP contribution is -2.48. The van der Waals surface area contributed by atoms with Crippen molar-refractivity contribution in [3.63, 3.8) is 0 Å². The number of aromatic nitrogens is 2. The molecule has 3 rings (SSSR count). The van der Waals surface area contributed by atoms with Crippen LogP contribution in [0, 0.1) is 0 Å². The molecule has 0 atom stereocenters. The van der Waals surface area contributed by atoms with E-state index in [0.717, 1.165) is 0 Å². The number of piperazine rings is 1. The zero-order valence-corrected chi connectivity index (χ0v) is 17.1. The smallest absolute Gasteiger partial charge is 0.245 e. The molecule has 11 heteroatoms. The van der Waals surface area contributed by atoms with Crippen LogP contribution in [0.1, 0.15) is 6.42 Å². The van der Waals surface area contributed by atoms with Crippen molar-refractivity contribution in [3.8, 4) is 0 Å². The molecular weight excluding hydrogens is 390 g/mol. The summed E-state index contributed by atoms with van der Waals surface area (Å²) in [6.07, 6.45) is 3.64. The Kier molecular flexibility index (Phi) is 5.87. The van der Waals surface area contributed by atoms with Crippen molar-refractivity contribution in [2.75, 3.05) is 52.6 Å². The van der Waals surface area contributed by atoms with E-state index in [0.29, 0.717) is 50.2 Å². The van der Waals surface area contributed by atoms with Crippen LogP contribution in [0.5, 0.6) is 0 Å². The van der Waals surface area contributed by atoms with Crippen LogP contribution in [-0.4, -0.2) is 92.9 Å². The van der Waals surface area contributed by atoms with Crippen LogP contribution >= 0.6 is 0 Å². The molecule has 0 saturated carbocycles. The van der Waals surface area contributed by atoms with Crippen LogP contribution in [0.4, 0.5) is 0 Å². The maximum atomic E-state index is 13.0. The minimum Gasteiger partial charge on any atom is -0.345 e. The number of nitrogens with zero attached hydrogens (tertiary/aromatic N) is 4. The normalized spacial score (nSPS) is 17.7. The van der Waals surface area contributed by atoms with E-state index >= 15 is 0 Å². The number of rotatable bonds is 7. The Hall–Kier alpha value is -1.53. The zero-order valence-electron chi connectivity index (χ0n) is 15.5. The second kappa shape index (κ2) is 7.84. The Morgan fingerprint density at radius 1 is 1.15 bits per heavy atom. The van der Waals surface area contributed by atoms with Gasteiger partial charge in [-0.2, -0.15) is 4.31 Å². The fourth-order valence-corrected chi connectivity index (χ4v) is 5.56. The van der Waals surface area contributed by atoms with E-state index in [1.165, 1.54) is 28.9 Å². The second-order valence-corrected chi connectivity index (χ2v) is 11.0. The van der Waals surface area contributed by atoms with Crippen LogP contribution < -0.4 is 0 Å². The highest BCUT2D eigenvalue weighted by Crippen LogP contribution is 2.25. The summed E-state index contributed by atoms with van der Waals surface area (Å²) in [5.41, 5.74) is 0.553. The Morgan fingerprint density at radius 3 is 2.52 bits per heavy atom. The van der Waals surface area contributed by atoms with Crippen LogP contribution in [0.15, 0.2) is 29.4 Å². The number of sulfonamides is 2. The molecule has 1 fully saturated rings. The van der Waals surface area contributed by atoms with Crippen LogP contribution in [0.25, 0.3) is 11.0 Å². The molecule has 2 aromatic rings. The number of fused-ring (bicyclic) bond motifs is 1. The molecule has 0 spiro atoms. The largest absolute Gasteiger partial charge is 0.345 e. The number of hydrogen-bond donors (Lipinski definition) is 1. The molecule has 1 saturated heterocycles. The number of hydrogen-bond acceptors (Lipinski definition) is 6. The fraction of sp³-hybridized carbons (Fsp3) is 0.562. The third-order valence-electron chi connectivity index (χ3n) is 4.80. The van der Waals surface area contributed by atoms with Gasteiger partial charge in [0.25, 0.3) is 0 Å². The summed E-state index contributed by atoms with van der Waals surface area (Å²) in [6, 6.07) is 3.46. The average molecular weight is 416 g/mol. The van der Waals surface area contributed by atoms with Gasteiger partial charge >= 0.3 is 0 Å². The SMILES string of the molecule is CN(C)S(=O)(=O)CCCN1CCN(S(=O)(=O)c2c[nH]c3ncccc23)CC1. The number of aromatic amines is 1. The van der Waals surface area contributed by atoms with Gasteiger partial charge in [0.15, 0.2) is 0 Å². The maximum Gasteiger partial charge on any atom is 0.245 e. The van der Waals surface area contributed by atoms with Gasteiger partial charge in [-0.3, -0.25) is 0 Å². The molecule has 1 N–H and O–H groups in total. The highest BCUT2D eigenvalue weighted by atomic mass is 32.2. The van der Waals surface area contributed by atoms with Crippen molar-refractivity contribution in [2.45, 2.75) is 11.3 Å². The first kappa shape index (κ1) is 20.2. The summed E-state index contributed by atoms with van der Waals surface area (Å²) >= 11 is 0. The van der Waals surface area contributed by atoms with Crippen molar-refractivity contribution in [3.05, 3.63) is 24.5 Å². The van der Waals surface area contributed by atoms with E-state index in [1.807, 2.05) is 0 Å². The first-order valence-corrected chi connectivity index (χ1v) is 11.8. The van der Waals surface area contributed by atoms with Gasteiger partial charge in [0.1, 0.15) is 10.5 Å². The average Bonchev–Trinajstić information content (AvgIpc) is 3.07. The van der Waals surface area contributed by atoms with E-state index in [4.69, 9.17) is 0 Å². The summed E-state index contributed by atoms with van der Waals surface area (Å²) in [6.45, 7) is 2.58. The molecule has 27 heavy (non-hydrogen) atoms. The van der Waals surface area contributed by atoms with Gasteiger partial charge in [-0.05, 0) is 25.1 Å². The predicted octanol–water partition coefficient (Wildman–Crippen LogP) is 0.151. The number of nitrogens with one attached hydrogen (secondary N) is 1. The highest BCUT2D eigenvalue weighted by Gasteiger charge is 2.30. The molecule has 1 aliphatic rings. The lowest BCUT2D eigenvalue weighted by atomic mass is 10.3. The van der Waals surface area contributed by atoms with Crippen molar-refractivity contribution >= 4 is 31.1 Å². The molecule has 0 amide bonds. The summed E-state index contributed by atoms with van der Waals surface area (Å²) in [7, 11) is -3.73. The van der Waals surface area contributed by atoms with Crippen LogP contribution in [0.2, 0.25) is 0 Å². The molecule has 2 aromatic heterocycles. The van der Waals surface area contributed by atoms with Crippen molar-refractivity contribution in [2.24, 2.45) is 0 Å². The van der Waals surface area contributed by atoms with Gasteiger partial charge in [0, 0.05) is 58.1 Å². The van der Waals surface area contributed by atoms with Crippen LogP contribution in [-0.2, 0) is 20.0 Å².